The minimum absolute atomic E-state index is 0.0500. The molecule has 4 aromatic rings. The third kappa shape index (κ3) is 19.6. The molecule has 4 aliphatic heterocycles. The molecule has 9 rings (SSSR count). The zero-order valence-electron chi connectivity index (χ0n) is 65.0. The molecule has 8 bridgehead atoms. The molecule has 0 radical (unpaired) electrons. The Morgan fingerprint density at radius 2 is 0.530 bits per heavy atom. The number of hydrogen-bond acceptors (Lipinski definition) is 11. The Kier molecular flexibility index (Phi) is 25.9. The molecule has 0 saturated heterocycles. The largest absolute Gasteiger partial charge is 0.457 e. The van der Waals surface area contributed by atoms with Crippen molar-refractivity contribution < 1.29 is 37.9 Å². The second-order valence-electron chi connectivity index (χ2n) is 35.0. The highest BCUT2D eigenvalue weighted by molar-refractivity contribution is 7.80. The van der Waals surface area contributed by atoms with Crippen LogP contribution in [-0.4, -0.2) is 59.1 Å². The van der Waals surface area contributed by atoms with Gasteiger partial charge in [-0.15, -0.1) is 0 Å². The molecule has 554 valence electrons. The van der Waals surface area contributed by atoms with Crippen LogP contribution in [0.15, 0.2) is 24.3 Å². The fourth-order valence-electron chi connectivity index (χ4n) is 17.6. The summed E-state index contributed by atoms with van der Waals surface area (Å²) in [5, 5.41) is 24.1. The first kappa shape index (κ1) is 78.5. The van der Waals surface area contributed by atoms with Crippen molar-refractivity contribution in [1.82, 2.24) is 31.9 Å². The minimum atomic E-state index is -0.310. The Bertz CT molecular complexity index is 3350. The SMILES string of the molecule is CCCCCC1c2cc3c4c(C)c2OCOc2c1cc1c(c2CNC(=S)NC(C)(C)CC(C)(C)C)OCOc2c(cc5c(c2CNC(=S)NC(C)(C)CC(C)(C)C)OCOc2c(cc(c(c2CNC(=S)NC(C)(C)CC(C)(C)C)OCO4)C3CCCCC)C5CCCCC)C1CCCCC. The third-order valence-electron chi connectivity index (χ3n) is 20.2. The number of ether oxygens (including phenoxy) is 8. The highest BCUT2D eigenvalue weighted by atomic mass is 32.1. The Balaban J connectivity index is 1.43. The fraction of sp³-hybridized carbons (Fsp3) is 0.675. The van der Waals surface area contributed by atoms with Gasteiger partial charge in [-0.25, -0.2) is 0 Å². The van der Waals surface area contributed by atoms with E-state index in [1.165, 1.54) is 0 Å². The van der Waals surface area contributed by atoms with Crippen LogP contribution in [0, 0.1) is 23.2 Å². The molecule has 4 atom stereocenters. The quantitative estimate of drug-likeness (QED) is 0.0237. The van der Waals surface area contributed by atoms with Crippen molar-refractivity contribution in [1.29, 1.82) is 0 Å². The van der Waals surface area contributed by atoms with Crippen LogP contribution in [0.2, 0.25) is 0 Å². The Morgan fingerprint density at radius 3 is 0.730 bits per heavy atom. The summed E-state index contributed by atoms with van der Waals surface area (Å²) < 4.78 is 58.2. The lowest BCUT2D eigenvalue weighted by molar-refractivity contribution is 0.0945. The Labute approximate surface area is 618 Å². The molecule has 0 saturated carbocycles. The molecule has 0 amide bonds. The van der Waals surface area contributed by atoms with Crippen LogP contribution in [-0.2, 0) is 19.6 Å². The molecule has 0 aromatic heterocycles. The number of hydrogen-bond donors (Lipinski definition) is 6. The first-order chi connectivity index (χ1) is 47.2. The van der Waals surface area contributed by atoms with E-state index >= 15 is 0 Å². The number of thiocarbonyl (C=S) groups is 3. The number of unbranched alkanes of at least 4 members (excludes halogenated alkanes) is 8. The van der Waals surface area contributed by atoms with E-state index in [0.717, 1.165) is 235 Å². The van der Waals surface area contributed by atoms with E-state index in [1.807, 2.05) is 0 Å². The van der Waals surface area contributed by atoms with E-state index in [9.17, 15) is 0 Å². The standard InChI is InChI=1S/C83H126N6O8S3/c1-21-25-29-33-52-56-37-57-53(34-30-26-22-2)59-39-61-55(36-32-28-24-4)63-40-62-54(35-31-27-23-3)60-38-58(52)69-64(41-84-75(98)87-81(15,16)44-78(6,7)8)71(60)94-49-96-73(62)66(43-86-77(100)89-83(19,20)46-80(12,13)14)74(63)97-50-95-72(61)65(42-85-76(99)88-82(17,18)45-79(9,10)11)70(59)93-48-91-68(57)51(5)67(56)90-47-92-69/h37-40,52-55H,21-36,41-50H2,1-20H3,(H2,84,87,98)(H2,85,88,99)(H2,86,89,100). The predicted octanol–water partition coefficient (Wildman–Crippen LogP) is 20.6. The first-order valence-corrected chi connectivity index (χ1v) is 39.4. The molecule has 6 N–H and O–H groups in total. The molecular weight excluding hydrogens is 1310 g/mol. The molecule has 0 spiro atoms. The first-order valence-electron chi connectivity index (χ1n) is 38.1. The summed E-state index contributed by atoms with van der Waals surface area (Å²) in [6, 6.07) is 9.91. The lowest BCUT2D eigenvalue weighted by Crippen LogP contribution is -2.49. The predicted molar refractivity (Wildman–Crippen MR) is 421 cm³/mol. The summed E-state index contributed by atoms with van der Waals surface area (Å²) in [6.45, 7) is 45.8. The van der Waals surface area contributed by atoms with Gasteiger partial charge in [-0.05, 0) is 171 Å². The highest BCUT2D eigenvalue weighted by Gasteiger charge is 2.42. The highest BCUT2D eigenvalue weighted by Crippen LogP contribution is 2.59. The van der Waals surface area contributed by atoms with Gasteiger partial charge in [0.15, 0.2) is 15.3 Å². The summed E-state index contributed by atoms with van der Waals surface area (Å²) in [4.78, 5) is 0. The van der Waals surface area contributed by atoms with E-state index in [1.54, 1.807) is 0 Å². The topological polar surface area (TPSA) is 146 Å². The normalized spacial score (nSPS) is 17.7. The monoisotopic (exact) mass is 1430 g/mol. The Morgan fingerprint density at radius 1 is 0.330 bits per heavy atom. The lowest BCUT2D eigenvalue weighted by Gasteiger charge is -2.38. The minimum Gasteiger partial charge on any atom is -0.457 e. The zero-order valence-corrected chi connectivity index (χ0v) is 67.4. The fourth-order valence-corrected chi connectivity index (χ4v) is 18.7. The molecule has 100 heavy (non-hydrogen) atoms. The molecule has 17 heteroatoms. The second kappa shape index (κ2) is 33.0. The van der Waals surface area contributed by atoms with Crippen molar-refractivity contribution in [2.24, 2.45) is 16.2 Å². The molecule has 4 unspecified atom stereocenters. The van der Waals surface area contributed by atoms with Crippen LogP contribution in [0.25, 0.3) is 0 Å². The van der Waals surface area contributed by atoms with Crippen molar-refractivity contribution in [2.75, 3.05) is 27.2 Å². The van der Waals surface area contributed by atoms with Crippen molar-refractivity contribution in [3.63, 3.8) is 0 Å². The maximum atomic E-state index is 7.37. The van der Waals surface area contributed by atoms with E-state index < -0.39 is 0 Å². The number of benzene rings is 4. The van der Waals surface area contributed by atoms with Gasteiger partial charge >= 0.3 is 0 Å². The van der Waals surface area contributed by atoms with Crippen LogP contribution in [0.5, 0.6) is 46.0 Å². The van der Waals surface area contributed by atoms with E-state index in [0.29, 0.717) is 35.0 Å². The average Bonchev–Trinajstić information content (AvgIpc) is 0.726. The molecule has 5 aliphatic rings. The molecule has 1 aliphatic carbocycles. The van der Waals surface area contributed by atoms with Gasteiger partial charge in [0, 0.05) is 110 Å². The van der Waals surface area contributed by atoms with Gasteiger partial charge in [0.1, 0.15) is 46.0 Å². The van der Waals surface area contributed by atoms with Gasteiger partial charge in [0.05, 0.1) is 16.7 Å². The van der Waals surface area contributed by atoms with Crippen LogP contribution < -0.4 is 69.8 Å². The van der Waals surface area contributed by atoms with Gasteiger partial charge in [-0.1, -0.05) is 167 Å². The molecule has 4 heterocycles. The summed E-state index contributed by atoms with van der Waals surface area (Å²) in [6.07, 6.45) is 18.3. The van der Waals surface area contributed by atoms with Gasteiger partial charge < -0.3 is 69.8 Å². The summed E-state index contributed by atoms with van der Waals surface area (Å²) in [7, 11) is 0. The lowest BCUT2D eigenvalue weighted by atomic mass is 9.74. The van der Waals surface area contributed by atoms with Gasteiger partial charge in [0.25, 0.3) is 0 Å². The molecule has 0 fully saturated rings. The van der Waals surface area contributed by atoms with Crippen LogP contribution in [0.4, 0.5) is 0 Å². The third-order valence-corrected chi connectivity index (χ3v) is 21.0. The van der Waals surface area contributed by atoms with Crippen molar-refractivity contribution >= 4 is 52.0 Å². The number of rotatable bonds is 28. The van der Waals surface area contributed by atoms with Crippen molar-refractivity contribution in [3.8, 4) is 46.0 Å². The zero-order chi connectivity index (χ0) is 72.7. The van der Waals surface area contributed by atoms with Gasteiger partial charge in [-0.2, -0.15) is 0 Å². The van der Waals surface area contributed by atoms with Crippen molar-refractivity contribution in [2.45, 2.75) is 320 Å². The second-order valence-corrected chi connectivity index (χ2v) is 36.2. The average molecular weight is 1430 g/mol. The van der Waals surface area contributed by atoms with Gasteiger partial charge in [-0.3, -0.25) is 0 Å². The molecule has 14 nitrogen and oxygen atoms in total. The summed E-state index contributed by atoms with van der Waals surface area (Å²) >= 11 is 19.0. The Hall–Kier alpha value is -5.65. The smallest absolute Gasteiger partial charge is 0.230 e. The van der Waals surface area contributed by atoms with E-state index in [2.05, 4.69) is 195 Å². The van der Waals surface area contributed by atoms with Crippen molar-refractivity contribution in [3.05, 3.63) is 91.0 Å². The summed E-state index contributed by atoms with van der Waals surface area (Å²) in [5.41, 5.74) is 11.7. The maximum Gasteiger partial charge on any atom is 0.230 e. The van der Waals surface area contributed by atoms with Crippen LogP contribution in [0.1, 0.15) is 344 Å². The van der Waals surface area contributed by atoms with E-state index in [-0.39, 0.29) is 83.7 Å². The maximum absolute atomic E-state index is 7.37. The van der Waals surface area contributed by atoms with Crippen LogP contribution >= 0.6 is 36.7 Å². The number of nitrogens with one attached hydrogen (secondary N) is 6. The summed E-state index contributed by atoms with van der Waals surface area (Å²) in [5.74, 6) is 5.17. The van der Waals surface area contributed by atoms with Crippen LogP contribution in [0.3, 0.4) is 0 Å². The molecule has 4 aromatic carbocycles. The van der Waals surface area contributed by atoms with E-state index in [4.69, 9.17) is 74.5 Å². The van der Waals surface area contributed by atoms with Gasteiger partial charge in [0.2, 0.25) is 27.2 Å². The molecular formula is C83H126N6O8S3.